The molecule has 1 N–H and O–H groups in total. The molecule has 0 unspecified atom stereocenters. The van der Waals surface area contributed by atoms with Crippen molar-refractivity contribution in [2.75, 3.05) is 5.32 Å². The van der Waals surface area contributed by atoms with Crippen LogP contribution in [-0.2, 0) is 0 Å². The third-order valence-corrected chi connectivity index (χ3v) is 4.06. The molecule has 1 amide bonds. The number of nitrogens with zero attached hydrogens (tertiary/aromatic N) is 2. The zero-order valence-electron chi connectivity index (χ0n) is 13.9. The van der Waals surface area contributed by atoms with Crippen LogP contribution in [0.2, 0.25) is 0 Å². The molecule has 0 aliphatic rings. The van der Waals surface area contributed by atoms with Crippen molar-refractivity contribution in [1.29, 1.82) is 0 Å². The van der Waals surface area contributed by atoms with Crippen molar-refractivity contribution < 1.29 is 13.6 Å². The van der Waals surface area contributed by atoms with Gasteiger partial charge in [0, 0.05) is 23.0 Å². The first-order chi connectivity index (χ1) is 12.6. The first-order valence-electron chi connectivity index (χ1n) is 8.00. The molecule has 2 aromatic carbocycles. The number of carbonyl (C=O) groups is 1. The van der Waals surface area contributed by atoms with Crippen molar-refractivity contribution >= 4 is 22.8 Å². The fourth-order valence-electron chi connectivity index (χ4n) is 2.71. The number of anilines is 1. The van der Waals surface area contributed by atoms with Crippen LogP contribution in [0.3, 0.4) is 0 Å². The van der Waals surface area contributed by atoms with Gasteiger partial charge < -0.3 is 9.73 Å². The van der Waals surface area contributed by atoms with Gasteiger partial charge in [0.1, 0.15) is 5.82 Å². The number of fused-ring (bicyclic) bond motifs is 1. The molecule has 4 rings (SSSR count). The van der Waals surface area contributed by atoms with E-state index in [2.05, 4.69) is 15.3 Å². The highest BCUT2D eigenvalue weighted by atomic mass is 19.1. The van der Waals surface area contributed by atoms with Crippen molar-refractivity contribution in [1.82, 2.24) is 9.97 Å². The Labute approximate surface area is 148 Å². The Morgan fingerprint density at radius 3 is 2.77 bits per heavy atom. The van der Waals surface area contributed by atoms with Gasteiger partial charge in [0.25, 0.3) is 5.91 Å². The molecular weight excluding hydrogens is 333 g/mol. The van der Waals surface area contributed by atoms with Crippen LogP contribution in [0.25, 0.3) is 22.7 Å². The average molecular weight is 347 g/mol. The predicted octanol–water partition coefficient (Wildman–Crippen LogP) is 4.59. The topological polar surface area (TPSA) is 68.0 Å². The third-order valence-electron chi connectivity index (χ3n) is 4.06. The van der Waals surface area contributed by atoms with Gasteiger partial charge in [-0.1, -0.05) is 12.1 Å². The molecule has 0 fully saturated rings. The second kappa shape index (κ2) is 6.40. The molecule has 0 saturated heterocycles. The van der Waals surface area contributed by atoms with E-state index in [1.54, 1.807) is 36.5 Å². The number of aromatic nitrogens is 2. The molecule has 0 spiro atoms. The summed E-state index contributed by atoms with van der Waals surface area (Å²) in [7, 11) is 0. The predicted molar refractivity (Wildman–Crippen MR) is 96.3 cm³/mol. The standard InChI is InChI=1S/C20H14FN3O2/c1-12-15(20-24-18-17(26-20)9-4-10-22-18)7-3-8-16(12)23-19(25)13-5-2-6-14(21)11-13/h2-11H,1H3,(H,23,25). The lowest BCUT2D eigenvalue weighted by atomic mass is 10.1. The summed E-state index contributed by atoms with van der Waals surface area (Å²) in [5, 5.41) is 2.81. The lowest BCUT2D eigenvalue weighted by Gasteiger charge is -2.11. The highest BCUT2D eigenvalue weighted by molar-refractivity contribution is 6.05. The molecule has 5 nitrogen and oxygen atoms in total. The first kappa shape index (κ1) is 16.0. The van der Waals surface area contributed by atoms with Gasteiger partial charge in [0.2, 0.25) is 5.89 Å². The fraction of sp³-hybridized carbons (Fsp3) is 0.0500. The maximum Gasteiger partial charge on any atom is 0.255 e. The number of nitrogens with one attached hydrogen (secondary N) is 1. The number of pyridine rings is 1. The van der Waals surface area contributed by atoms with E-state index < -0.39 is 5.82 Å². The minimum Gasteiger partial charge on any atom is -0.434 e. The summed E-state index contributed by atoms with van der Waals surface area (Å²) >= 11 is 0. The molecule has 0 saturated carbocycles. The number of benzene rings is 2. The Morgan fingerprint density at radius 2 is 1.96 bits per heavy atom. The van der Waals surface area contributed by atoms with E-state index in [0.29, 0.717) is 22.8 Å². The van der Waals surface area contributed by atoms with Gasteiger partial charge in [-0.2, -0.15) is 4.98 Å². The summed E-state index contributed by atoms with van der Waals surface area (Å²) in [6.45, 7) is 1.86. The largest absolute Gasteiger partial charge is 0.434 e. The first-order valence-corrected chi connectivity index (χ1v) is 8.00. The number of amides is 1. The Bertz CT molecular complexity index is 1090. The van der Waals surface area contributed by atoms with E-state index in [1.807, 2.05) is 13.0 Å². The number of hydrogen-bond acceptors (Lipinski definition) is 4. The Kier molecular flexibility index (Phi) is 3.93. The minimum atomic E-state index is -0.456. The van der Waals surface area contributed by atoms with Gasteiger partial charge in [0.05, 0.1) is 0 Å². The molecule has 2 aromatic heterocycles. The number of halogens is 1. The number of carbonyl (C=O) groups excluding carboxylic acids is 1. The van der Waals surface area contributed by atoms with Crippen LogP contribution in [0.1, 0.15) is 15.9 Å². The molecule has 2 heterocycles. The second-order valence-corrected chi connectivity index (χ2v) is 5.79. The summed E-state index contributed by atoms with van der Waals surface area (Å²) in [6.07, 6.45) is 1.65. The number of rotatable bonds is 3. The second-order valence-electron chi connectivity index (χ2n) is 5.79. The normalized spacial score (nSPS) is 10.8. The van der Waals surface area contributed by atoms with Crippen molar-refractivity contribution in [3.05, 3.63) is 77.7 Å². The van der Waals surface area contributed by atoms with Gasteiger partial charge in [-0.15, -0.1) is 0 Å². The summed E-state index contributed by atoms with van der Waals surface area (Å²) < 4.78 is 19.1. The van der Waals surface area contributed by atoms with Crippen molar-refractivity contribution in [3.8, 4) is 11.5 Å². The smallest absolute Gasteiger partial charge is 0.255 e. The number of oxazole rings is 1. The van der Waals surface area contributed by atoms with Gasteiger partial charge in [-0.3, -0.25) is 4.79 Å². The van der Waals surface area contributed by atoms with Crippen LogP contribution in [0.15, 0.2) is 65.2 Å². The van der Waals surface area contributed by atoms with Gasteiger partial charge >= 0.3 is 0 Å². The molecule has 6 heteroatoms. The maximum atomic E-state index is 13.3. The van der Waals surface area contributed by atoms with Gasteiger partial charge in [-0.25, -0.2) is 9.37 Å². The summed E-state index contributed by atoms with van der Waals surface area (Å²) in [4.78, 5) is 20.9. The molecule has 0 aliphatic carbocycles. The van der Waals surface area contributed by atoms with Gasteiger partial charge in [0.15, 0.2) is 11.2 Å². The van der Waals surface area contributed by atoms with Crippen molar-refractivity contribution in [2.24, 2.45) is 0 Å². The minimum absolute atomic E-state index is 0.251. The fourth-order valence-corrected chi connectivity index (χ4v) is 2.71. The van der Waals surface area contributed by atoms with E-state index in [-0.39, 0.29) is 11.5 Å². The lowest BCUT2D eigenvalue weighted by molar-refractivity contribution is 0.102. The van der Waals surface area contributed by atoms with Gasteiger partial charge in [-0.05, 0) is 55.0 Å². The summed E-state index contributed by atoms with van der Waals surface area (Å²) in [5.74, 6) is -0.413. The monoisotopic (exact) mass is 347 g/mol. The number of hydrogen-bond donors (Lipinski definition) is 1. The molecule has 0 radical (unpaired) electrons. The van der Waals surface area contributed by atoms with Crippen molar-refractivity contribution in [3.63, 3.8) is 0 Å². The Hall–Kier alpha value is -3.54. The van der Waals surface area contributed by atoms with E-state index in [0.717, 1.165) is 11.1 Å². The lowest BCUT2D eigenvalue weighted by Crippen LogP contribution is -2.13. The van der Waals surface area contributed by atoms with Crippen LogP contribution in [0.4, 0.5) is 10.1 Å². The molecule has 0 bridgehead atoms. The van der Waals surface area contributed by atoms with Crippen LogP contribution in [-0.4, -0.2) is 15.9 Å². The zero-order chi connectivity index (χ0) is 18.1. The van der Waals surface area contributed by atoms with Crippen LogP contribution in [0, 0.1) is 12.7 Å². The quantitative estimate of drug-likeness (QED) is 0.588. The average Bonchev–Trinajstić information content (AvgIpc) is 3.07. The molecule has 0 atom stereocenters. The molecular formula is C20H14FN3O2. The van der Waals surface area contributed by atoms with E-state index in [9.17, 15) is 9.18 Å². The van der Waals surface area contributed by atoms with E-state index in [4.69, 9.17) is 4.42 Å². The zero-order valence-corrected chi connectivity index (χ0v) is 13.9. The van der Waals surface area contributed by atoms with E-state index in [1.165, 1.54) is 18.2 Å². The van der Waals surface area contributed by atoms with Crippen LogP contribution < -0.4 is 5.32 Å². The SMILES string of the molecule is Cc1c(NC(=O)c2cccc(F)c2)cccc1-c1nc2ncccc2o1. The maximum absolute atomic E-state index is 13.3. The molecule has 128 valence electrons. The Balaban J connectivity index is 1.68. The summed E-state index contributed by atoms with van der Waals surface area (Å²) in [6, 6.07) is 14.6. The molecule has 4 aromatic rings. The van der Waals surface area contributed by atoms with Crippen LogP contribution in [0.5, 0.6) is 0 Å². The highest BCUT2D eigenvalue weighted by Crippen LogP contribution is 2.30. The van der Waals surface area contributed by atoms with E-state index >= 15 is 0 Å². The van der Waals surface area contributed by atoms with Crippen molar-refractivity contribution in [2.45, 2.75) is 6.92 Å². The van der Waals surface area contributed by atoms with Crippen LogP contribution >= 0.6 is 0 Å². The summed E-state index contributed by atoms with van der Waals surface area (Å²) in [5.41, 5.74) is 3.52. The molecule has 0 aliphatic heterocycles. The molecule has 26 heavy (non-hydrogen) atoms. The third kappa shape index (κ3) is 2.93. The highest BCUT2D eigenvalue weighted by Gasteiger charge is 2.15. The Morgan fingerprint density at radius 1 is 1.12 bits per heavy atom.